The summed E-state index contributed by atoms with van der Waals surface area (Å²) in [6, 6.07) is 14.4. The van der Waals surface area contributed by atoms with E-state index in [0.717, 1.165) is 22.4 Å². The molecule has 0 bridgehead atoms. The molecular formula is C16H17ClO. The van der Waals surface area contributed by atoms with Gasteiger partial charge in [0.15, 0.2) is 0 Å². The van der Waals surface area contributed by atoms with Gasteiger partial charge in [-0.25, -0.2) is 0 Å². The highest BCUT2D eigenvalue weighted by Gasteiger charge is 2.11. The Bertz CT molecular complexity index is 531. The van der Waals surface area contributed by atoms with E-state index in [1.165, 1.54) is 5.56 Å². The van der Waals surface area contributed by atoms with Crippen molar-refractivity contribution < 1.29 is 4.74 Å². The molecule has 2 aromatic rings. The van der Waals surface area contributed by atoms with Gasteiger partial charge in [0, 0.05) is 0 Å². The predicted molar refractivity (Wildman–Crippen MR) is 76.6 cm³/mol. The first kappa shape index (κ1) is 13.0. The molecule has 0 fully saturated rings. The molecule has 94 valence electrons. The largest absolute Gasteiger partial charge is 0.496 e. The standard InChI is InChI=1S/C16H17ClO/c1-11-4-6-13(7-5-11)16(17)14-8-9-15(18-3)12(2)10-14/h4-10,16H,1-3H3. The van der Waals surface area contributed by atoms with E-state index in [4.69, 9.17) is 16.3 Å². The van der Waals surface area contributed by atoms with Crippen LogP contribution in [0, 0.1) is 13.8 Å². The Labute approximate surface area is 113 Å². The van der Waals surface area contributed by atoms with Crippen LogP contribution in [-0.4, -0.2) is 7.11 Å². The van der Waals surface area contributed by atoms with E-state index in [1.54, 1.807) is 7.11 Å². The van der Waals surface area contributed by atoms with E-state index < -0.39 is 0 Å². The monoisotopic (exact) mass is 260 g/mol. The first-order valence-electron chi connectivity index (χ1n) is 5.97. The Morgan fingerprint density at radius 3 is 2.11 bits per heavy atom. The third-order valence-electron chi connectivity index (χ3n) is 3.08. The number of alkyl halides is 1. The van der Waals surface area contributed by atoms with Crippen molar-refractivity contribution in [3.05, 3.63) is 64.7 Å². The van der Waals surface area contributed by atoms with E-state index in [0.29, 0.717) is 0 Å². The Balaban J connectivity index is 2.31. The topological polar surface area (TPSA) is 9.23 Å². The molecule has 0 amide bonds. The lowest BCUT2D eigenvalue weighted by molar-refractivity contribution is 0.411. The summed E-state index contributed by atoms with van der Waals surface area (Å²) in [7, 11) is 1.68. The van der Waals surface area contributed by atoms with Gasteiger partial charge >= 0.3 is 0 Å². The highest BCUT2D eigenvalue weighted by molar-refractivity contribution is 6.22. The normalized spacial score (nSPS) is 12.2. The lowest BCUT2D eigenvalue weighted by Crippen LogP contribution is -1.95. The molecular weight excluding hydrogens is 244 g/mol. The molecule has 18 heavy (non-hydrogen) atoms. The van der Waals surface area contributed by atoms with Gasteiger partial charge in [0.25, 0.3) is 0 Å². The Hall–Kier alpha value is -1.47. The quantitative estimate of drug-likeness (QED) is 0.731. The van der Waals surface area contributed by atoms with Gasteiger partial charge in [-0.3, -0.25) is 0 Å². The molecule has 0 spiro atoms. The summed E-state index contributed by atoms with van der Waals surface area (Å²) >= 11 is 6.51. The van der Waals surface area contributed by atoms with Gasteiger partial charge in [-0.1, -0.05) is 42.0 Å². The average Bonchev–Trinajstić information content (AvgIpc) is 2.38. The molecule has 0 aromatic heterocycles. The van der Waals surface area contributed by atoms with Crippen LogP contribution in [0.15, 0.2) is 42.5 Å². The minimum Gasteiger partial charge on any atom is -0.496 e. The lowest BCUT2D eigenvalue weighted by atomic mass is 10.0. The zero-order valence-electron chi connectivity index (χ0n) is 10.9. The molecule has 0 saturated heterocycles. The molecule has 2 aromatic carbocycles. The summed E-state index contributed by atoms with van der Waals surface area (Å²) in [5.41, 5.74) is 4.56. The molecule has 2 heteroatoms. The fourth-order valence-corrected chi connectivity index (χ4v) is 2.27. The van der Waals surface area contributed by atoms with Crippen molar-refractivity contribution in [2.45, 2.75) is 19.2 Å². The molecule has 0 saturated carbocycles. The molecule has 2 rings (SSSR count). The summed E-state index contributed by atoms with van der Waals surface area (Å²) in [5, 5.41) is -0.116. The molecule has 0 aliphatic rings. The van der Waals surface area contributed by atoms with Crippen LogP contribution in [0.25, 0.3) is 0 Å². The number of benzene rings is 2. The number of aryl methyl sites for hydroxylation is 2. The summed E-state index contributed by atoms with van der Waals surface area (Å²) in [6.07, 6.45) is 0. The first-order valence-corrected chi connectivity index (χ1v) is 6.40. The second-order valence-electron chi connectivity index (χ2n) is 4.50. The number of ether oxygens (including phenoxy) is 1. The summed E-state index contributed by atoms with van der Waals surface area (Å²) < 4.78 is 5.26. The van der Waals surface area contributed by atoms with Crippen LogP contribution in [0.2, 0.25) is 0 Å². The van der Waals surface area contributed by atoms with Crippen LogP contribution < -0.4 is 4.74 Å². The number of methoxy groups -OCH3 is 1. The van der Waals surface area contributed by atoms with Crippen molar-refractivity contribution in [3.8, 4) is 5.75 Å². The van der Waals surface area contributed by atoms with Crippen molar-refractivity contribution in [1.29, 1.82) is 0 Å². The van der Waals surface area contributed by atoms with Gasteiger partial charge in [-0.15, -0.1) is 11.6 Å². The fraction of sp³-hybridized carbons (Fsp3) is 0.250. The minimum absolute atomic E-state index is 0.116. The van der Waals surface area contributed by atoms with Crippen LogP contribution in [-0.2, 0) is 0 Å². The third kappa shape index (κ3) is 2.68. The molecule has 1 unspecified atom stereocenters. The number of hydrogen-bond acceptors (Lipinski definition) is 1. The molecule has 0 heterocycles. The highest BCUT2D eigenvalue weighted by atomic mass is 35.5. The van der Waals surface area contributed by atoms with Crippen molar-refractivity contribution in [2.24, 2.45) is 0 Å². The Morgan fingerprint density at radius 1 is 0.944 bits per heavy atom. The third-order valence-corrected chi connectivity index (χ3v) is 3.59. The molecule has 0 radical (unpaired) electrons. The van der Waals surface area contributed by atoms with E-state index in [9.17, 15) is 0 Å². The van der Waals surface area contributed by atoms with E-state index >= 15 is 0 Å². The maximum absolute atomic E-state index is 6.51. The van der Waals surface area contributed by atoms with Gasteiger partial charge < -0.3 is 4.74 Å². The highest BCUT2D eigenvalue weighted by Crippen LogP contribution is 2.31. The molecule has 1 nitrogen and oxygen atoms in total. The summed E-state index contributed by atoms with van der Waals surface area (Å²) in [6.45, 7) is 4.10. The Morgan fingerprint density at radius 2 is 1.56 bits per heavy atom. The van der Waals surface area contributed by atoms with Crippen molar-refractivity contribution in [1.82, 2.24) is 0 Å². The molecule has 0 N–H and O–H groups in total. The lowest BCUT2D eigenvalue weighted by Gasteiger charge is -2.13. The maximum Gasteiger partial charge on any atom is 0.121 e. The zero-order chi connectivity index (χ0) is 13.1. The van der Waals surface area contributed by atoms with Crippen molar-refractivity contribution in [2.75, 3.05) is 7.11 Å². The van der Waals surface area contributed by atoms with Gasteiger partial charge in [-0.05, 0) is 36.6 Å². The van der Waals surface area contributed by atoms with Crippen LogP contribution in [0.4, 0.5) is 0 Å². The molecule has 0 aliphatic heterocycles. The Kier molecular flexibility index (Phi) is 3.93. The minimum atomic E-state index is -0.116. The van der Waals surface area contributed by atoms with Crippen LogP contribution in [0.1, 0.15) is 27.6 Å². The second-order valence-corrected chi connectivity index (χ2v) is 4.94. The zero-order valence-corrected chi connectivity index (χ0v) is 11.7. The maximum atomic E-state index is 6.51. The van der Waals surface area contributed by atoms with Gasteiger partial charge in [-0.2, -0.15) is 0 Å². The van der Waals surface area contributed by atoms with E-state index in [2.05, 4.69) is 37.3 Å². The van der Waals surface area contributed by atoms with E-state index in [1.807, 2.05) is 19.1 Å². The molecule has 1 atom stereocenters. The number of halogens is 1. The number of hydrogen-bond donors (Lipinski definition) is 0. The first-order chi connectivity index (χ1) is 8.61. The number of rotatable bonds is 3. The second kappa shape index (κ2) is 5.45. The van der Waals surface area contributed by atoms with Crippen molar-refractivity contribution >= 4 is 11.6 Å². The smallest absolute Gasteiger partial charge is 0.121 e. The molecule has 0 aliphatic carbocycles. The average molecular weight is 261 g/mol. The van der Waals surface area contributed by atoms with Crippen molar-refractivity contribution in [3.63, 3.8) is 0 Å². The predicted octanol–water partition coefficient (Wildman–Crippen LogP) is 4.64. The van der Waals surface area contributed by atoms with Gasteiger partial charge in [0.1, 0.15) is 5.75 Å². The van der Waals surface area contributed by atoms with Crippen LogP contribution in [0.3, 0.4) is 0 Å². The summed E-state index contributed by atoms with van der Waals surface area (Å²) in [4.78, 5) is 0. The van der Waals surface area contributed by atoms with Crippen LogP contribution in [0.5, 0.6) is 5.75 Å². The summed E-state index contributed by atoms with van der Waals surface area (Å²) in [5.74, 6) is 0.895. The van der Waals surface area contributed by atoms with Gasteiger partial charge in [0.2, 0.25) is 0 Å². The van der Waals surface area contributed by atoms with Crippen LogP contribution >= 0.6 is 11.6 Å². The van der Waals surface area contributed by atoms with Gasteiger partial charge in [0.05, 0.1) is 12.5 Å². The SMILES string of the molecule is COc1ccc(C(Cl)c2ccc(C)cc2)cc1C. The van der Waals surface area contributed by atoms with E-state index in [-0.39, 0.29) is 5.38 Å². The fourth-order valence-electron chi connectivity index (χ4n) is 1.99.